The average Bonchev–Trinajstić information content (AvgIpc) is 2.98. The van der Waals surface area contributed by atoms with Crippen LogP contribution >= 0.6 is 11.6 Å². The minimum Gasteiger partial charge on any atom is -0.493 e. The molecule has 0 spiro atoms. The Balaban J connectivity index is 1.61. The largest absolute Gasteiger partial charge is 0.493 e. The van der Waals surface area contributed by atoms with Crippen LogP contribution in [0, 0.1) is 27.9 Å². The molecule has 4 nitrogen and oxygen atoms in total. The second-order valence-electron chi connectivity index (χ2n) is 5.62. The monoisotopic (exact) mass is 281 g/mol. The molecule has 2 fully saturated rings. The molecule has 3 atom stereocenters. The zero-order chi connectivity index (χ0) is 13.4. The summed E-state index contributed by atoms with van der Waals surface area (Å²) in [4.78, 5) is 10.2. The topological polar surface area (TPSA) is 52.4 Å². The fourth-order valence-corrected chi connectivity index (χ4v) is 3.75. The number of ether oxygens (including phenoxy) is 1. The van der Waals surface area contributed by atoms with Crippen molar-refractivity contribution in [2.75, 3.05) is 6.61 Å². The van der Waals surface area contributed by atoms with Crippen LogP contribution in [0.5, 0.6) is 5.75 Å². The Kier molecular flexibility index (Phi) is 3.35. The Morgan fingerprint density at radius 1 is 1.37 bits per heavy atom. The number of hydrogen-bond acceptors (Lipinski definition) is 3. The predicted octanol–water partition coefficient (Wildman–Crippen LogP) is 4.06. The van der Waals surface area contributed by atoms with Gasteiger partial charge in [0.2, 0.25) is 0 Å². The molecule has 2 aliphatic rings. The quantitative estimate of drug-likeness (QED) is 0.617. The van der Waals surface area contributed by atoms with Gasteiger partial charge in [-0.15, -0.1) is 0 Å². The highest BCUT2D eigenvalue weighted by Crippen LogP contribution is 2.48. The molecule has 19 heavy (non-hydrogen) atoms. The molecule has 0 radical (unpaired) electrons. The molecule has 1 aromatic carbocycles. The highest BCUT2D eigenvalue weighted by atomic mass is 35.5. The number of halogens is 1. The van der Waals surface area contributed by atoms with Crippen LogP contribution in [-0.2, 0) is 0 Å². The van der Waals surface area contributed by atoms with E-state index in [0.29, 0.717) is 18.3 Å². The lowest BCUT2D eigenvalue weighted by Gasteiger charge is -2.21. The molecular formula is C14H16ClNO3. The number of nitro benzene ring substituents is 1. The minimum atomic E-state index is -0.484. The van der Waals surface area contributed by atoms with Crippen molar-refractivity contribution in [3.05, 3.63) is 33.3 Å². The van der Waals surface area contributed by atoms with E-state index in [1.165, 1.54) is 37.8 Å². The Bertz CT molecular complexity index is 505. The van der Waals surface area contributed by atoms with E-state index in [4.69, 9.17) is 16.3 Å². The zero-order valence-electron chi connectivity index (χ0n) is 10.5. The normalized spacial score (nSPS) is 28.6. The number of rotatable bonds is 4. The van der Waals surface area contributed by atoms with Gasteiger partial charge in [-0.3, -0.25) is 10.1 Å². The fraction of sp³-hybridized carbons (Fsp3) is 0.571. The first-order valence-electron chi connectivity index (χ1n) is 6.70. The Morgan fingerprint density at radius 3 is 2.79 bits per heavy atom. The lowest BCUT2D eigenvalue weighted by atomic mass is 9.89. The SMILES string of the molecule is O=[N+]([O-])c1ccc(OCC2CC3CCC2C3)cc1Cl. The number of nitrogens with zero attached hydrogens (tertiary/aromatic N) is 1. The summed E-state index contributed by atoms with van der Waals surface area (Å²) in [5.74, 6) is 2.99. The van der Waals surface area contributed by atoms with Crippen molar-refractivity contribution >= 4 is 17.3 Å². The molecule has 3 rings (SSSR count). The van der Waals surface area contributed by atoms with Crippen molar-refractivity contribution in [3.8, 4) is 5.75 Å². The average molecular weight is 282 g/mol. The van der Waals surface area contributed by atoms with Gasteiger partial charge in [0.25, 0.3) is 5.69 Å². The highest BCUT2D eigenvalue weighted by molar-refractivity contribution is 6.32. The standard InChI is InChI=1S/C14H16ClNO3/c15-13-7-12(3-4-14(13)16(17)18)19-8-11-6-9-1-2-10(11)5-9/h3-4,7,9-11H,1-2,5-6,8H2. The van der Waals surface area contributed by atoms with E-state index in [-0.39, 0.29) is 10.7 Å². The first kappa shape index (κ1) is 12.7. The summed E-state index contributed by atoms with van der Waals surface area (Å²) in [6, 6.07) is 4.56. The van der Waals surface area contributed by atoms with E-state index in [1.807, 2.05) is 0 Å². The first-order chi connectivity index (χ1) is 9.13. The molecule has 0 aromatic heterocycles. The van der Waals surface area contributed by atoms with Crippen LogP contribution in [0.1, 0.15) is 25.7 Å². The van der Waals surface area contributed by atoms with Gasteiger partial charge in [-0.05, 0) is 43.1 Å². The van der Waals surface area contributed by atoms with Crippen molar-refractivity contribution < 1.29 is 9.66 Å². The van der Waals surface area contributed by atoms with Gasteiger partial charge in [0.05, 0.1) is 11.5 Å². The molecule has 0 aliphatic heterocycles. The smallest absolute Gasteiger partial charge is 0.288 e. The fourth-order valence-electron chi connectivity index (χ4n) is 3.51. The predicted molar refractivity (Wildman–Crippen MR) is 72.5 cm³/mol. The molecule has 2 saturated carbocycles. The highest BCUT2D eigenvalue weighted by Gasteiger charge is 2.39. The summed E-state index contributed by atoms with van der Waals surface area (Å²) >= 11 is 5.86. The number of nitro groups is 1. The second-order valence-corrected chi connectivity index (χ2v) is 6.02. The lowest BCUT2D eigenvalue weighted by molar-refractivity contribution is -0.384. The van der Waals surface area contributed by atoms with Crippen LogP contribution in [0.2, 0.25) is 5.02 Å². The molecule has 0 N–H and O–H groups in total. The van der Waals surface area contributed by atoms with Crippen LogP contribution in [0.15, 0.2) is 18.2 Å². The van der Waals surface area contributed by atoms with Gasteiger partial charge < -0.3 is 4.74 Å². The van der Waals surface area contributed by atoms with Crippen LogP contribution < -0.4 is 4.74 Å². The van der Waals surface area contributed by atoms with Crippen LogP contribution in [0.4, 0.5) is 5.69 Å². The van der Waals surface area contributed by atoms with E-state index >= 15 is 0 Å². The molecule has 3 unspecified atom stereocenters. The second kappa shape index (κ2) is 5.00. The molecular weight excluding hydrogens is 266 g/mol. The third-order valence-corrected chi connectivity index (χ3v) is 4.77. The minimum absolute atomic E-state index is 0.0751. The van der Waals surface area contributed by atoms with E-state index in [9.17, 15) is 10.1 Å². The van der Waals surface area contributed by atoms with Gasteiger partial charge >= 0.3 is 0 Å². The van der Waals surface area contributed by atoms with Crippen molar-refractivity contribution in [2.45, 2.75) is 25.7 Å². The number of hydrogen-bond donors (Lipinski definition) is 0. The number of fused-ring (bicyclic) bond motifs is 2. The van der Waals surface area contributed by atoms with E-state index in [1.54, 1.807) is 6.07 Å². The summed E-state index contributed by atoms with van der Waals surface area (Å²) in [7, 11) is 0. The van der Waals surface area contributed by atoms with Crippen molar-refractivity contribution in [1.29, 1.82) is 0 Å². The van der Waals surface area contributed by atoms with E-state index < -0.39 is 4.92 Å². The van der Waals surface area contributed by atoms with Gasteiger partial charge in [-0.2, -0.15) is 0 Å². The molecule has 2 bridgehead atoms. The summed E-state index contributed by atoms with van der Waals surface area (Å²) < 4.78 is 5.75. The van der Waals surface area contributed by atoms with Crippen molar-refractivity contribution in [3.63, 3.8) is 0 Å². The zero-order valence-corrected chi connectivity index (χ0v) is 11.3. The van der Waals surface area contributed by atoms with Gasteiger partial charge in [-0.1, -0.05) is 18.0 Å². The molecule has 0 saturated heterocycles. The Hall–Kier alpha value is -1.29. The molecule has 0 amide bonds. The molecule has 1 aromatic rings. The van der Waals surface area contributed by atoms with Crippen molar-refractivity contribution in [2.24, 2.45) is 17.8 Å². The van der Waals surface area contributed by atoms with Crippen LogP contribution in [-0.4, -0.2) is 11.5 Å². The van der Waals surface area contributed by atoms with Crippen LogP contribution in [0.3, 0.4) is 0 Å². The third kappa shape index (κ3) is 2.54. The summed E-state index contributed by atoms with van der Waals surface area (Å²) in [6.07, 6.45) is 5.34. The van der Waals surface area contributed by atoms with E-state index in [0.717, 1.165) is 11.8 Å². The van der Waals surface area contributed by atoms with Gasteiger partial charge in [0.1, 0.15) is 10.8 Å². The van der Waals surface area contributed by atoms with Gasteiger partial charge in [0, 0.05) is 12.1 Å². The molecule has 0 heterocycles. The van der Waals surface area contributed by atoms with Gasteiger partial charge in [-0.25, -0.2) is 0 Å². The maximum Gasteiger partial charge on any atom is 0.288 e. The maximum atomic E-state index is 10.7. The van der Waals surface area contributed by atoms with Crippen molar-refractivity contribution in [1.82, 2.24) is 0 Å². The molecule has 5 heteroatoms. The summed E-state index contributed by atoms with van der Waals surface area (Å²) in [5, 5.41) is 10.8. The Labute approximate surface area is 116 Å². The number of benzene rings is 1. The van der Waals surface area contributed by atoms with E-state index in [2.05, 4.69) is 0 Å². The maximum absolute atomic E-state index is 10.7. The summed E-state index contributed by atoms with van der Waals surface area (Å²) in [5.41, 5.74) is -0.0751. The lowest BCUT2D eigenvalue weighted by Crippen LogP contribution is -2.18. The molecule has 102 valence electrons. The third-order valence-electron chi connectivity index (χ3n) is 4.46. The molecule has 2 aliphatic carbocycles. The van der Waals surface area contributed by atoms with Crippen LogP contribution in [0.25, 0.3) is 0 Å². The summed E-state index contributed by atoms with van der Waals surface area (Å²) in [6.45, 7) is 0.704. The van der Waals surface area contributed by atoms with Gasteiger partial charge in [0.15, 0.2) is 0 Å². The first-order valence-corrected chi connectivity index (χ1v) is 7.08. The Morgan fingerprint density at radius 2 is 2.21 bits per heavy atom.